The highest BCUT2D eigenvalue weighted by atomic mass is 35.5. The van der Waals surface area contributed by atoms with Crippen LogP contribution in [-0.4, -0.2) is 41.3 Å². The molecular formula is C19H25ClO6. The molecule has 2 rings (SSSR count). The Kier molecular flexibility index (Phi) is 7.29. The number of ether oxygens (including phenoxy) is 2. The molecule has 0 fully saturated rings. The third-order valence-electron chi connectivity index (χ3n) is 4.56. The Balaban J connectivity index is 2.43. The van der Waals surface area contributed by atoms with E-state index >= 15 is 0 Å². The van der Waals surface area contributed by atoms with Crippen LogP contribution >= 0.6 is 11.6 Å². The van der Waals surface area contributed by atoms with Gasteiger partial charge in [-0.1, -0.05) is 18.0 Å². The molecule has 1 aromatic carbocycles. The van der Waals surface area contributed by atoms with E-state index in [-0.39, 0.29) is 39.9 Å². The first-order valence-corrected chi connectivity index (χ1v) is 9.20. The fourth-order valence-corrected chi connectivity index (χ4v) is 3.30. The van der Waals surface area contributed by atoms with E-state index in [1.165, 1.54) is 13.2 Å². The maximum absolute atomic E-state index is 12.7. The summed E-state index contributed by atoms with van der Waals surface area (Å²) in [5.74, 6) is -0.905. The lowest BCUT2D eigenvalue weighted by Crippen LogP contribution is -2.21. The largest absolute Gasteiger partial charge is 0.506 e. The van der Waals surface area contributed by atoms with Crippen molar-refractivity contribution < 1.29 is 29.3 Å². The van der Waals surface area contributed by atoms with Crippen molar-refractivity contribution in [2.45, 2.75) is 64.1 Å². The summed E-state index contributed by atoms with van der Waals surface area (Å²) in [7, 11) is 1.36. The lowest BCUT2D eigenvalue weighted by molar-refractivity contribution is -0.118. The molecule has 26 heavy (non-hydrogen) atoms. The van der Waals surface area contributed by atoms with E-state index in [9.17, 15) is 19.8 Å². The zero-order valence-electron chi connectivity index (χ0n) is 15.1. The Labute approximate surface area is 158 Å². The number of methoxy groups -OCH3 is 1. The van der Waals surface area contributed by atoms with E-state index in [4.69, 9.17) is 21.1 Å². The number of esters is 1. The number of phenolic OH excluding ortho intramolecular Hbond substituents is 1. The van der Waals surface area contributed by atoms with Crippen molar-refractivity contribution in [3.8, 4) is 11.5 Å². The number of aliphatic hydroxyl groups is 1. The van der Waals surface area contributed by atoms with Gasteiger partial charge in [-0.15, -0.1) is 0 Å². The van der Waals surface area contributed by atoms with Gasteiger partial charge in [0.15, 0.2) is 0 Å². The van der Waals surface area contributed by atoms with Gasteiger partial charge in [0.05, 0.1) is 24.3 Å². The fourth-order valence-electron chi connectivity index (χ4n) is 3.08. The van der Waals surface area contributed by atoms with Crippen molar-refractivity contribution in [2.24, 2.45) is 0 Å². The molecule has 7 heteroatoms. The highest BCUT2D eigenvalue weighted by Gasteiger charge is 2.27. The van der Waals surface area contributed by atoms with Crippen LogP contribution in [0.5, 0.6) is 11.5 Å². The van der Waals surface area contributed by atoms with Gasteiger partial charge >= 0.3 is 5.97 Å². The van der Waals surface area contributed by atoms with Crippen molar-refractivity contribution in [1.82, 2.24) is 0 Å². The van der Waals surface area contributed by atoms with Crippen LogP contribution in [0.25, 0.3) is 0 Å². The zero-order chi connectivity index (χ0) is 19.3. The molecule has 0 radical (unpaired) electrons. The Bertz CT molecular complexity index is 672. The van der Waals surface area contributed by atoms with E-state index < -0.39 is 18.2 Å². The Morgan fingerprint density at radius 3 is 2.65 bits per heavy atom. The first-order valence-electron chi connectivity index (χ1n) is 8.82. The maximum atomic E-state index is 12.7. The topological polar surface area (TPSA) is 93.1 Å². The first kappa shape index (κ1) is 20.5. The molecular weight excluding hydrogens is 360 g/mol. The number of halogens is 1. The Morgan fingerprint density at radius 2 is 1.96 bits per heavy atom. The van der Waals surface area contributed by atoms with E-state index in [1.54, 1.807) is 6.92 Å². The summed E-state index contributed by atoms with van der Waals surface area (Å²) in [6.45, 7) is 1.75. The second-order valence-electron chi connectivity index (χ2n) is 6.67. The van der Waals surface area contributed by atoms with Crippen LogP contribution in [0, 0.1) is 0 Å². The molecule has 0 aliphatic carbocycles. The molecule has 1 aliphatic heterocycles. The quantitative estimate of drug-likeness (QED) is 0.720. The van der Waals surface area contributed by atoms with Gasteiger partial charge in [0, 0.05) is 24.5 Å². The van der Waals surface area contributed by atoms with Gasteiger partial charge in [-0.2, -0.15) is 0 Å². The normalized spacial score (nSPS) is 22.9. The van der Waals surface area contributed by atoms with Gasteiger partial charge in [0.25, 0.3) is 0 Å². The number of carbonyl (C=O) groups excluding carboxylic acids is 2. The van der Waals surface area contributed by atoms with Crippen LogP contribution in [0.4, 0.5) is 0 Å². The third kappa shape index (κ3) is 5.11. The summed E-state index contributed by atoms with van der Waals surface area (Å²) in [5, 5.41) is 20.0. The summed E-state index contributed by atoms with van der Waals surface area (Å²) in [5.41, 5.74) is 0.288. The molecule has 1 heterocycles. The number of rotatable bonds is 1. The SMILES string of the molecule is COc1cc(O)c(Cl)c2c1C(=O)OC(C)CCC(O)CCCCC(=O)C2. The summed E-state index contributed by atoms with van der Waals surface area (Å²) < 4.78 is 10.7. The van der Waals surface area contributed by atoms with E-state index in [0.717, 1.165) is 6.42 Å². The monoisotopic (exact) mass is 384 g/mol. The summed E-state index contributed by atoms with van der Waals surface area (Å²) in [4.78, 5) is 25.0. The number of benzene rings is 1. The fraction of sp³-hybridized carbons (Fsp3) is 0.579. The lowest BCUT2D eigenvalue weighted by atomic mass is 9.97. The van der Waals surface area contributed by atoms with Crippen LogP contribution < -0.4 is 4.74 Å². The number of cyclic esters (lactones) is 1. The van der Waals surface area contributed by atoms with Gasteiger partial charge in [0.2, 0.25) is 0 Å². The van der Waals surface area contributed by atoms with E-state index in [1.807, 2.05) is 0 Å². The first-order chi connectivity index (χ1) is 12.3. The molecule has 0 saturated heterocycles. The lowest BCUT2D eigenvalue weighted by Gasteiger charge is -2.20. The van der Waals surface area contributed by atoms with Gasteiger partial charge in [-0.05, 0) is 32.6 Å². The summed E-state index contributed by atoms with van der Waals surface area (Å²) >= 11 is 6.18. The molecule has 1 aliphatic rings. The molecule has 0 aromatic heterocycles. The second-order valence-corrected chi connectivity index (χ2v) is 7.05. The third-order valence-corrected chi connectivity index (χ3v) is 4.98. The minimum atomic E-state index is -0.661. The minimum absolute atomic E-state index is 0.0405. The second kappa shape index (κ2) is 9.24. The van der Waals surface area contributed by atoms with Gasteiger partial charge in [-0.3, -0.25) is 4.79 Å². The van der Waals surface area contributed by atoms with Crippen LogP contribution in [0.15, 0.2) is 6.07 Å². The number of Topliss-reactive ketones (excluding diaryl/α,β-unsaturated/α-hetero) is 1. The molecule has 2 atom stereocenters. The predicted molar refractivity (Wildman–Crippen MR) is 97.0 cm³/mol. The number of hydrogen-bond donors (Lipinski definition) is 2. The Morgan fingerprint density at radius 1 is 1.23 bits per heavy atom. The number of fused-ring (bicyclic) bond motifs is 1. The highest BCUT2D eigenvalue weighted by molar-refractivity contribution is 6.33. The zero-order valence-corrected chi connectivity index (χ0v) is 15.8. The molecule has 6 nitrogen and oxygen atoms in total. The smallest absolute Gasteiger partial charge is 0.342 e. The average molecular weight is 385 g/mol. The van der Waals surface area contributed by atoms with Gasteiger partial charge in [-0.25, -0.2) is 4.79 Å². The standard InChI is InChI=1S/C19H25ClO6/c1-11-7-8-12(21)5-3-4-6-13(22)9-14-17(19(24)26-11)16(25-2)10-15(23)18(14)20/h10-12,21,23H,3-9H2,1-2H3. The molecule has 1 aromatic rings. The van der Waals surface area contributed by atoms with E-state index in [2.05, 4.69) is 0 Å². The van der Waals surface area contributed by atoms with Gasteiger partial charge in [0.1, 0.15) is 22.8 Å². The number of carbonyl (C=O) groups is 2. The van der Waals surface area contributed by atoms with Crippen LogP contribution in [0.2, 0.25) is 5.02 Å². The Hall–Kier alpha value is -1.79. The molecule has 0 saturated carbocycles. The molecule has 2 N–H and O–H groups in total. The average Bonchev–Trinajstić information content (AvgIpc) is 2.59. The van der Waals surface area contributed by atoms with Crippen molar-refractivity contribution in [3.05, 3.63) is 22.2 Å². The van der Waals surface area contributed by atoms with Crippen molar-refractivity contribution >= 4 is 23.4 Å². The number of hydrogen-bond acceptors (Lipinski definition) is 6. The summed E-state index contributed by atoms with van der Waals surface area (Å²) in [6, 6.07) is 1.24. The number of aliphatic hydroxyl groups excluding tert-OH is 1. The van der Waals surface area contributed by atoms with Gasteiger partial charge < -0.3 is 19.7 Å². The number of ketones is 1. The van der Waals surface area contributed by atoms with E-state index in [0.29, 0.717) is 32.1 Å². The van der Waals surface area contributed by atoms with Crippen LogP contribution in [0.1, 0.15) is 61.4 Å². The molecule has 0 spiro atoms. The van der Waals surface area contributed by atoms with Crippen molar-refractivity contribution in [3.63, 3.8) is 0 Å². The van der Waals surface area contributed by atoms with Crippen molar-refractivity contribution in [1.29, 1.82) is 0 Å². The molecule has 2 unspecified atom stereocenters. The minimum Gasteiger partial charge on any atom is -0.506 e. The number of aromatic hydroxyl groups is 1. The molecule has 144 valence electrons. The summed E-state index contributed by atoms with van der Waals surface area (Å²) in [6.07, 6.45) is 2.38. The van der Waals surface area contributed by atoms with Crippen LogP contribution in [-0.2, 0) is 16.0 Å². The molecule has 0 amide bonds. The number of phenols is 1. The highest BCUT2D eigenvalue weighted by Crippen LogP contribution is 2.38. The maximum Gasteiger partial charge on any atom is 0.342 e. The predicted octanol–water partition coefficient (Wildman–Crippen LogP) is 3.43. The van der Waals surface area contributed by atoms with Crippen molar-refractivity contribution in [2.75, 3.05) is 7.11 Å². The molecule has 0 bridgehead atoms. The van der Waals surface area contributed by atoms with Crippen LogP contribution in [0.3, 0.4) is 0 Å².